The van der Waals surface area contributed by atoms with Crippen molar-refractivity contribution in [1.29, 1.82) is 0 Å². The molecule has 3 heterocycles. The van der Waals surface area contributed by atoms with Gasteiger partial charge in [-0.2, -0.15) is 26.3 Å². The van der Waals surface area contributed by atoms with Crippen LogP contribution in [-0.2, 0) is 21.9 Å². The summed E-state index contributed by atoms with van der Waals surface area (Å²) >= 11 is 0. The number of ether oxygens (including phenoxy) is 1. The Bertz CT molecular complexity index is 1310. The van der Waals surface area contributed by atoms with E-state index in [4.69, 9.17) is 4.74 Å². The van der Waals surface area contributed by atoms with Crippen LogP contribution in [0.1, 0.15) is 73.8 Å². The average molecular weight is 599 g/mol. The summed E-state index contributed by atoms with van der Waals surface area (Å²) < 4.78 is 101. The number of likely N-dealkylation sites (tertiary alicyclic amines) is 1. The largest absolute Gasteiger partial charge is 0.416 e. The van der Waals surface area contributed by atoms with Gasteiger partial charge in [0.15, 0.2) is 0 Å². The van der Waals surface area contributed by atoms with Gasteiger partial charge in [-0.15, -0.1) is 0 Å². The molecular weight excluding hydrogens is 565 g/mol. The Kier molecular flexibility index (Phi) is 7.15. The van der Waals surface area contributed by atoms with E-state index in [1.165, 1.54) is 25.5 Å². The fourth-order valence-corrected chi connectivity index (χ4v) is 7.41. The third kappa shape index (κ3) is 5.54. The number of piperidine rings is 2. The lowest BCUT2D eigenvalue weighted by molar-refractivity contribution is -0.143. The molecule has 1 amide bonds. The molecule has 2 aromatic carbocycles. The van der Waals surface area contributed by atoms with Crippen LogP contribution in [0.3, 0.4) is 0 Å². The lowest BCUT2D eigenvalue weighted by Gasteiger charge is -2.43. The SMILES string of the molecule is C[C@@H](O[C@H]1CN2C(=O)CC(N3CCC4(C)CC4C3)C[C@H]2[C@@H]1c1ccc(F)cc1)c1cc(C(F)(F)F)cc(C(F)(F)F)c1. The minimum atomic E-state index is -4.98. The highest BCUT2D eigenvalue weighted by atomic mass is 19.4. The number of carbonyl (C=O) groups excluding carboxylic acids is 1. The molecule has 4 fully saturated rings. The number of rotatable bonds is 5. The number of hydrogen-bond donors (Lipinski definition) is 0. The van der Waals surface area contributed by atoms with Gasteiger partial charge in [0.05, 0.1) is 23.3 Å². The van der Waals surface area contributed by atoms with E-state index in [2.05, 4.69) is 11.8 Å². The minimum Gasteiger partial charge on any atom is -0.368 e. The fourth-order valence-electron chi connectivity index (χ4n) is 7.41. The van der Waals surface area contributed by atoms with Crippen molar-refractivity contribution in [1.82, 2.24) is 9.80 Å². The lowest BCUT2D eigenvalue weighted by Crippen LogP contribution is -2.53. The number of amides is 1. The molecule has 7 atom stereocenters. The van der Waals surface area contributed by atoms with Crippen molar-refractivity contribution >= 4 is 5.91 Å². The smallest absolute Gasteiger partial charge is 0.368 e. The number of benzene rings is 2. The number of nitrogens with zero attached hydrogens (tertiary/aromatic N) is 2. The maximum atomic E-state index is 13.9. The molecule has 3 unspecified atom stereocenters. The van der Waals surface area contributed by atoms with Gasteiger partial charge in [0, 0.05) is 37.5 Å². The second-order valence-corrected chi connectivity index (χ2v) is 12.7. The summed E-state index contributed by atoms with van der Waals surface area (Å²) in [6.45, 7) is 5.72. The molecule has 0 N–H and O–H groups in total. The van der Waals surface area contributed by atoms with Gasteiger partial charge in [0.2, 0.25) is 5.91 Å². The molecule has 11 heteroatoms. The summed E-state index contributed by atoms with van der Waals surface area (Å²) in [5, 5.41) is 0. The number of fused-ring (bicyclic) bond motifs is 2. The van der Waals surface area contributed by atoms with Gasteiger partial charge in [0.1, 0.15) is 5.82 Å². The molecule has 3 aliphatic heterocycles. The third-order valence-electron chi connectivity index (χ3n) is 10.0. The van der Waals surface area contributed by atoms with E-state index in [9.17, 15) is 35.5 Å². The Labute approximate surface area is 239 Å². The Morgan fingerprint density at radius 2 is 1.62 bits per heavy atom. The predicted octanol–water partition coefficient (Wildman–Crippen LogP) is 7.20. The zero-order valence-corrected chi connectivity index (χ0v) is 23.3. The summed E-state index contributed by atoms with van der Waals surface area (Å²) in [7, 11) is 0. The van der Waals surface area contributed by atoms with Crippen LogP contribution >= 0.6 is 0 Å². The van der Waals surface area contributed by atoms with Gasteiger partial charge in [0.25, 0.3) is 0 Å². The van der Waals surface area contributed by atoms with Gasteiger partial charge in [-0.3, -0.25) is 9.69 Å². The number of hydrogen-bond acceptors (Lipinski definition) is 3. The van der Waals surface area contributed by atoms with E-state index in [0.717, 1.165) is 19.5 Å². The highest BCUT2D eigenvalue weighted by Crippen LogP contribution is 2.58. The van der Waals surface area contributed by atoms with Crippen molar-refractivity contribution in [2.45, 2.75) is 82.1 Å². The molecule has 4 nitrogen and oxygen atoms in total. The topological polar surface area (TPSA) is 32.8 Å². The molecule has 4 aliphatic rings. The quantitative estimate of drug-likeness (QED) is 0.342. The van der Waals surface area contributed by atoms with E-state index in [1.54, 1.807) is 17.0 Å². The molecule has 0 radical (unpaired) electrons. The van der Waals surface area contributed by atoms with Crippen molar-refractivity contribution in [3.8, 4) is 0 Å². The van der Waals surface area contributed by atoms with Crippen molar-refractivity contribution in [3.63, 3.8) is 0 Å². The lowest BCUT2D eigenvalue weighted by atomic mass is 9.83. The summed E-state index contributed by atoms with van der Waals surface area (Å²) in [5.74, 6) is -0.295. The van der Waals surface area contributed by atoms with E-state index in [-0.39, 0.29) is 36.2 Å². The Hall–Kier alpha value is -2.66. The highest BCUT2D eigenvalue weighted by Gasteiger charge is 2.55. The van der Waals surface area contributed by atoms with Gasteiger partial charge in [-0.1, -0.05) is 19.1 Å². The van der Waals surface area contributed by atoms with Crippen LogP contribution < -0.4 is 0 Å². The van der Waals surface area contributed by atoms with E-state index >= 15 is 0 Å². The van der Waals surface area contributed by atoms with Crippen LogP contribution in [-0.4, -0.2) is 53.5 Å². The van der Waals surface area contributed by atoms with Crippen molar-refractivity contribution in [2.75, 3.05) is 19.6 Å². The van der Waals surface area contributed by atoms with Crippen molar-refractivity contribution in [3.05, 3.63) is 70.5 Å². The van der Waals surface area contributed by atoms with Gasteiger partial charge in [-0.05, 0) is 85.5 Å². The molecule has 2 aromatic rings. The number of halogens is 7. The maximum Gasteiger partial charge on any atom is 0.416 e. The first-order valence-corrected chi connectivity index (χ1v) is 14.4. The number of alkyl halides is 6. The Morgan fingerprint density at radius 3 is 2.21 bits per heavy atom. The summed E-state index contributed by atoms with van der Waals surface area (Å²) in [5.41, 5.74) is -1.97. The highest BCUT2D eigenvalue weighted by molar-refractivity contribution is 5.79. The molecule has 228 valence electrons. The average Bonchev–Trinajstić information content (AvgIpc) is 3.47. The summed E-state index contributed by atoms with van der Waals surface area (Å²) in [4.78, 5) is 17.6. The first-order valence-electron chi connectivity index (χ1n) is 14.4. The second-order valence-electron chi connectivity index (χ2n) is 12.7. The predicted molar refractivity (Wildman–Crippen MR) is 140 cm³/mol. The summed E-state index contributed by atoms with van der Waals surface area (Å²) in [6, 6.07) is 7.03. The summed E-state index contributed by atoms with van der Waals surface area (Å²) in [6.07, 6.45) is -8.52. The standard InChI is InChI=1S/C31H33F7N2O2/c1-17(19-9-20(30(33,34)35)11-21(10-19)31(36,37)38)42-26-16-40-25(28(26)18-3-5-23(32)6-4-18)12-24(13-27(40)41)39-8-7-29(2)14-22(29)15-39/h3-6,9-11,17,22,24-26,28H,7-8,12-16H2,1-2H3/t17-,22?,24?,25+,26+,28+,29?/m1/s1. The first kappa shape index (κ1) is 29.4. The van der Waals surface area contributed by atoms with Crippen LogP contribution in [0.15, 0.2) is 42.5 Å². The zero-order chi connectivity index (χ0) is 30.2. The molecule has 1 aliphatic carbocycles. The van der Waals surface area contributed by atoms with Gasteiger partial charge < -0.3 is 9.64 Å². The molecule has 0 bridgehead atoms. The first-order chi connectivity index (χ1) is 19.6. The van der Waals surface area contributed by atoms with Crippen LogP contribution in [0.5, 0.6) is 0 Å². The molecule has 3 saturated heterocycles. The molecule has 6 rings (SSSR count). The molecule has 0 aromatic heterocycles. The van der Waals surface area contributed by atoms with Gasteiger partial charge >= 0.3 is 12.4 Å². The molecular formula is C31H33F7N2O2. The Morgan fingerprint density at radius 1 is 0.976 bits per heavy atom. The monoisotopic (exact) mass is 598 g/mol. The molecule has 0 spiro atoms. The van der Waals surface area contributed by atoms with E-state index in [0.29, 0.717) is 41.9 Å². The van der Waals surface area contributed by atoms with Crippen LogP contribution in [0.2, 0.25) is 0 Å². The molecule has 42 heavy (non-hydrogen) atoms. The van der Waals surface area contributed by atoms with Crippen LogP contribution in [0, 0.1) is 17.2 Å². The van der Waals surface area contributed by atoms with E-state index in [1.807, 2.05) is 0 Å². The minimum absolute atomic E-state index is 0.0285. The van der Waals surface area contributed by atoms with Crippen LogP contribution in [0.25, 0.3) is 0 Å². The zero-order valence-electron chi connectivity index (χ0n) is 23.3. The second kappa shape index (κ2) is 10.2. The normalized spacial score (nSPS) is 32.5. The Balaban J connectivity index is 1.29. The van der Waals surface area contributed by atoms with Crippen LogP contribution in [0.4, 0.5) is 30.7 Å². The van der Waals surface area contributed by atoms with Crippen molar-refractivity contribution in [2.24, 2.45) is 11.3 Å². The third-order valence-corrected chi connectivity index (χ3v) is 10.0. The van der Waals surface area contributed by atoms with Gasteiger partial charge in [-0.25, -0.2) is 4.39 Å². The van der Waals surface area contributed by atoms with Crippen molar-refractivity contribution < 1.29 is 40.3 Å². The molecule has 1 saturated carbocycles. The maximum absolute atomic E-state index is 13.9. The number of carbonyl (C=O) groups is 1. The fraction of sp³-hybridized carbons (Fsp3) is 0.581. The van der Waals surface area contributed by atoms with E-state index < -0.39 is 47.4 Å².